The Kier molecular flexibility index (Phi) is 3.82. The van der Waals surface area contributed by atoms with Crippen molar-refractivity contribution in [3.05, 3.63) is 18.2 Å². The maximum absolute atomic E-state index is 10.6. The van der Waals surface area contributed by atoms with Crippen molar-refractivity contribution < 1.29 is 13.0 Å². The molecule has 7 heteroatoms. The first kappa shape index (κ1) is 12.3. The maximum Gasteiger partial charge on any atom is 0.296 e. The summed E-state index contributed by atoms with van der Waals surface area (Å²) in [5, 5.41) is 0. The molecule has 0 unspecified atom stereocenters. The van der Waals surface area contributed by atoms with Crippen molar-refractivity contribution in [2.75, 3.05) is 11.5 Å². The fourth-order valence-corrected chi connectivity index (χ4v) is 1.43. The van der Waals surface area contributed by atoms with Gasteiger partial charge in [-0.1, -0.05) is 0 Å². The van der Waals surface area contributed by atoms with Crippen molar-refractivity contribution >= 4 is 40.4 Å². The van der Waals surface area contributed by atoms with E-state index in [-0.39, 0.29) is 35.1 Å². The Morgan fingerprint density at radius 1 is 1.23 bits per heavy atom. The summed E-state index contributed by atoms with van der Waals surface area (Å²) in [7, 11) is -4.26. The third-order valence-electron chi connectivity index (χ3n) is 1.32. The van der Waals surface area contributed by atoms with Crippen LogP contribution in [-0.4, -0.2) is 31.8 Å². The molecule has 67 valence electrons. The van der Waals surface area contributed by atoms with Crippen molar-refractivity contribution in [1.82, 2.24) is 0 Å². The van der Waals surface area contributed by atoms with E-state index in [1.807, 2.05) is 0 Å². The molecule has 0 bridgehead atoms. The summed E-state index contributed by atoms with van der Waals surface area (Å²) < 4.78 is 29.9. The van der Waals surface area contributed by atoms with Gasteiger partial charge in [0.25, 0.3) is 10.1 Å². The molecule has 0 spiro atoms. The van der Waals surface area contributed by atoms with Gasteiger partial charge in [-0.2, -0.15) is 8.42 Å². The third-order valence-corrected chi connectivity index (χ3v) is 2.22. The van der Waals surface area contributed by atoms with Crippen molar-refractivity contribution in [2.45, 2.75) is 4.90 Å². The summed E-state index contributed by atoms with van der Waals surface area (Å²) in [6, 6.07) is 3.87. The number of nitrogens with two attached hydrogens (primary N) is 2. The summed E-state index contributed by atoms with van der Waals surface area (Å²) in [6.45, 7) is 0. The number of hydrogen-bond acceptors (Lipinski definition) is 4. The molecule has 0 fully saturated rings. The third kappa shape index (κ3) is 2.93. The zero-order valence-corrected chi connectivity index (χ0v) is 7.88. The Morgan fingerprint density at radius 3 is 2.15 bits per heavy atom. The van der Waals surface area contributed by atoms with Crippen molar-refractivity contribution in [2.24, 2.45) is 0 Å². The van der Waals surface area contributed by atoms with Crippen molar-refractivity contribution in [3.8, 4) is 0 Å². The molecular weight excluding hydrogens is 187 g/mol. The summed E-state index contributed by atoms with van der Waals surface area (Å²) in [6.07, 6.45) is 0. The maximum atomic E-state index is 10.6. The van der Waals surface area contributed by atoms with Crippen LogP contribution in [0.3, 0.4) is 0 Å². The van der Waals surface area contributed by atoms with Crippen LogP contribution in [0.5, 0.6) is 0 Å². The number of benzene rings is 1. The second-order valence-corrected chi connectivity index (χ2v) is 3.66. The molecule has 1 radical (unpaired) electrons. The summed E-state index contributed by atoms with van der Waals surface area (Å²) >= 11 is 0. The topological polar surface area (TPSA) is 106 Å². The Morgan fingerprint density at radius 2 is 1.77 bits per heavy atom. The largest absolute Gasteiger partial charge is 0.399 e. The fourth-order valence-electron chi connectivity index (χ4n) is 0.774. The van der Waals surface area contributed by atoms with Gasteiger partial charge in [-0.15, -0.1) is 0 Å². The van der Waals surface area contributed by atoms with Crippen LogP contribution in [-0.2, 0) is 10.1 Å². The molecule has 0 aromatic heterocycles. The smallest absolute Gasteiger partial charge is 0.296 e. The van der Waals surface area contributed by atoms with E-state index < -0.39 is 10.1 Å². The van der Waals surface area contributed by atoms with E-state index in [0.717, 1.165) is 6.07 Å². The van der Waals surface area contributed by atoms with Gasteiger partial charge in [-0.25, -0.2) is 0 Å². The van der Waals surface area contributed by atoms with Gasteiger partial charge in [0.2, 0.25) is 0 Å². The monoisotopic (exact) mass is 195 g/mol. The first-order chi connectivity index (χ1) is 5.41. The average Bonchev–Trinajstić information content (AvgIpc) is 1.92. The van der Waals surface area contributed by atoms with Gasteiger partial charge in [-0.3, -0.25) is 4.55 Å². The van der Waals surface area contributed by atoms with Gasteiger partial charge in [0, 0.05) is 24.5 Å². The molecule has 0 amide bonds. The van der Waals surface area contributed by atoms with Gasteiger partial charge in [0.15, 0.2) is 0 Å². The molecule has 0 aliphatic heterocycles. The average molecular weight is 195 g/mol. The molecule has 1 aromatic rings. The molecule has 13 heavy (non-hydrogen) atoms. The number of anilines is 2. The van der Waals surface area contributed by atoms with Crippen LogP contribution < -0.4 is 11.5 Å². The van der Waals surface area contributed by atoms with E-state index in [1.54, 1.807) is 0 Å². The molecule has 0 saturated heterocycles. The van der Waals surface area contributed by atoms with E-state index >= 15 is 0 Å². The summed E-state index contributed by atoms with van der Waals surface area (Å²) in [5.41, 5.74) is 10.8. The predicted octanol–water partition coefficient (Wildman–Crippen LogP) is -0.283. The Labute approximate surface area is 88.0 Å². The molecule has 5 nitrogen and oxygen atoms in total. The van der Waals surface area contributed by atoms with E-state index in [0.29, 0.717) is 0 Å². The minimum atomic E-state index is -4.26. The van der Waals surface area contributed by atoms with Gasteiger partial charge in [-0.05, 0) is 18.2 Å². The molecule has 0 saturated carbocycles. The molecule has 1 rings (SSSR count). The van der Waals surface area contributed by atoms with Gasteiger partial charge < -0.3 is 11.5 Å². The molecule has 5 N–H and O–H groups in total. The van der Waals surface area contributed by atoms with E-state index in [4.69, 9.17) is 16.0 Å². The predicted molar refractivity (Wildman–Crippen MR) is 50.8 cm³/mol. The van der Waals surface area contributed by atoms with Gasteiger partial charge >= 0.3 is 0 Å². The standard InChI is InChI=1S/C6H8N2O3S.Li/c7-4-1-2-5(8)6(3-4)12(9,10)11;/h1-3H,7-8H2,(H,9,10,11);. The summed E-state index contributed by atoms with van der Waals surface area (Å²) in [5.74, 6) is 0. The Balaban J connectivity index is 0.00000144. The fraction of sp³-hybridized carbons (Fsp3) is 0. The van der Waals surface area contributed by atoms with Gasteiger partial charge in [0.1, 0.15) is 4.90 Å². The zero-order valence-electron chi connectivity index (χ0n) is 7.06. The minimum absolute atomic E-state index is 0. The summed E-state index contributed by atoms with van der Waals surface area (Å²) in [4.78, 5) is -0.359. The van der Waals surface area contributed by atoms with E-state index in [2.05, 4.69) is 0 Å². The molecule has 1 aromatic carbocycles. The number of rotatable bonds is 1. The van der Waals surface area contributed by atoms with Crippen LogP contribution in [0, 0.1) is 0 Å². The first-order valence-electron chi connectivity index (χ1n) is 3.04. The molecule has 0 aliphatic carbocycles. The van der Waals surface area contributed by atoms with Crippen LogP contribution in [0.25, 0.3) is 0 Å². The van der Waals surface area contributed by atoms with Gasteiger partial charge in [0.05, 0.1) is 5.69 Å². The SMILES string of the molecule is Nc1ccc(N)c(S(=O)(=O)O)c1.[Li]. The van der Waals surface area contributed by atoms with E-state index in [1.165, 1.54) is 12.1 Å². The molecular formula is C6H8LiN2O3S. The molecule has 0 atom stereocenters. The van der Waals surface area contributed by atoms with Crippen LogP contribution >= 0.6 is 0 Å². The zero-order chi connectivity index (χ0) is 9.35. The van der Waals surface area contributed by atoms with E-state index in [9.17, 15) is 8.42 Å². The molecule has 0 aliphatic rings. The normalized spacial score (nSPS) is 10.5. The quantitative estimate of drug-likeness (QED) is 0.324. The van der Waals surface area contributed by atoms with Crippen LogP contribution in [0.15, 0.2) is 23.1 Å². The van der Waals surface area contributed by atoms with Crippen LogP contribution in [0.1, 0.15) is 0 Å². The number of nitrogen functional groups attached to an aromatic ring is 2. The molecule has 0 heterocycles. The van der Waals surface area contributed by atoms with Crippen LogP contribution in [0.4, 0.5) is 11.4 Å². The first-order valence-corrected chi connectivity index (χ1v) is 4.48. The van der Waals surface area contributed by atoms with Crippen LogP contribution in [0.2, 0.25) is 0 Å². The second-order valence-electron chi connectivity index (χ2n) is 2.27. The Bertz CT molecular complexity index is 404. The van der Waals surface area contributed by atoms with Crippen molar-refractivity contribution in [1.29, 1.82) is 0 Å². The minimum Gasteiger partial charge on any atom is -0.399 e. The van der Waals surface area contributed by atoms with Crippen molar-refractivity contribution in [3.63, 3.8) is 0 Å². The number of hydrogen-bond donors (Lipinski definition) is 3. The Hall–Kier alpha value is -0.673. The second kappa shape index (κ2) is 4.02.